The number of aromatic amines is 1. The average Bonchev–Trinajstić information content (AvgIpc) is 2.98. The van der Waals surface area contributed by atoms with E-state index >= 15 is 0 Å². The van der Waals surface area contributed by atoms with E-state index < -0.39 is 0 Å². The summed E-state index contributed by atoms with van der Waals surface area (Å²) in [6.45, 7) is 5.14. The van der Waals surface area contributed by atoms with Gasteiger partial charge in [0.05, 0.1) is 5.69 Å². The van der Waals surface area contributed by atoms with E-state index in [2.05, 4.69) is 27.8 Å². The van der Waals surface area contributed by atoms with Gasteiger partial charge in [0, 0.05) is 17.6 Å². The third-order valence-electron chi connectivity index (χ3n) is 4.13. The molecule has 2 unspecified atom stereocenters. The van der Waals surface area contributed by atoms with E-state index in [9.17, 15) is 4.79 Å². The molecule has 1 aliphatic rings. The van der Waals surface area contributed by atoms with Crippen LogP contribution in [0.2, 0.25) is 0 Å². The Morgan fingerprint density at radius 2 is 2.04 bits per heavy atom. The Morgan fingerprint density at radius 3 is 2.74 bits per heavy atom. The SMILES string of the molecule is Cc1ccc(-c2cc(C(=O)NC3CCNC(C)C3)[nH]n2)cc1.Cl. The molecule has 0 saturated carbocycles. The zero-order chi connectivity index (χ0) is 15.5. The minimum atomic E-state index is -0.0787. The van der Waals surface area contributed by atoms with Crippen molar-refractivity contribution in [1.82, 2.24) is 20.8 Å². The van der Waals surface area contributed by atoms with Crippen LogP contribution in [0.1, 0.15) is 35.8 Å². The molecule has 3 rings (SSSR count). The third-order valence-corrected chi connectivity index (χ3v) is 4.13. The van der Waals surface area contributed by atoms with Gasteiger partial charge in [-0.25, -0.2) is 0 Å². The van der Waals surface area contributed by atoms with E-state index in [1.165, 1.54) is 5.56 Å². The van der Waals surface area contributed by atoms with Gasteiger partial charge in [-0.2, -0.15) is 5.10 Å². The first-order valence-electron chi connectivity index (χ1n) is 7.78. The van der Waals surface area contributed by atoms with Crippen LogP contribution < -0.4 is 10.6 Å². The molecule has 2 atom stereocenters. The number of rotatable bonds is 3. The van der Waals surface area contributed by atoms with Gasteiger partial charge in [0.15, 0.2) is 0 Å². The Labute approximate surface area is 142 Å². The minimum absolute atomic E-state index is 0. The second kappa shape index (κ2) is 7.62. The summed E-state index contributed by atoms with van der Waals surface area (Å²) in [5, 5.41) is 13.6. The molecule has 2 aromatic rings. The number of aryl methyl sites for hydroxylation is 1. The topological polar surface area (TPSA) is 69.8 Å². The number of benzene rings is 1. The summed E-state index contributed by atoms with van der Waals surface area (Å²) in [5.74, 6) is -0.0787. The first-order chi connectivity index (χ1) is 10.6. The van der Waals surface area contributed by atoms with E-state index in [1.54, 1.807) is 0 Å². The zero-order valence-electron chi connectivity index (χ0n) is 13.4. The van der Waals surface area contributed by atoms with Crippen LogP contribution in [0.25, 0.3) is 11.3 Å². The van der Waals surface area contributed by atoms with Gasteiger partial charge < -0.3 is 10.6 Å². The van der Waals surface area contributed by atoms with Crippen molar-refractivity contribution in [2.24, 2.45) is 0 Å². The number of carbonyl (C=O) groups is 1. The smallest absolute Gasteiger partial charge is 0.269 e. The summed E-state index contributed by atoms with van der Waals surface area (Å²) in [6, 6.07) is 10.6. The van der Waals surface area contributed by atoms with Gasteiger partial charge >= 0.3 is 0 Å². The molecule has 0 bridgehead atoms. The molecule has 3 N–H and O–H groups in total. The molecule has 124 valence electrons. The van der Waals surface area contributed by atoms with Gasteiger partial charge in [0.2, 0.25) is 0 Å². The quantitative estimate of drug-likeness (QED) is 0.808. The van der Waals surface area contributed by atoms with E-state index in [-0.39, 0.29) is 24.4 Å². The highest BCUT2D eigenvalue weighted by Crippen LogP contribution is 2.18. The molecule has 0 radical (unpaired) electrons. The fourth-order valence-corrected chi connectivity index (χ4v) is 2.84. The van der Waals surface area contributed by atoms with Gasteiger partial charge in [-0.3, -0.25) is 9.89 Å². The van der Waals surface area contributed by atoms with Gasteiger partial charge in [-0.05, 0) is 39.3 Å². The van der Waals surface area contributed by atoms with Crippen LogP contribution in [0, 0.1) is 6.92 Å². The molecule has 23 heavy (non-hydrogen) atoms. The second-order valence-corrected chi connectivity index (χ2v) is 6.08. The highest BCUT2D eigenvalue weighted by molar-refractivity contribution is 5.93. The number of hydrogen-bond acceptors (Lipinski definition) is 3. The molecular weight excluding hydrogens is 312 g/mol. The highest BCUT2D eigenvalue weighted by Gasteiger charge is 2.21. The summed E-state index contributed by atoms with van der Waals surface area (Å²) in [4.78, 5) is 12.3. The largest absolute Gasteiger partial charge is 0.348 e. The van der Waals surface area contributed by atoms with Crippen molar-refractivity contribution in [3.63, 3.8) is 0 Å². The van der Waals surface area contributed by atoms with Gasteiger partial charge in [0.1, 0.15) is 5.69 Å². The molecule has 2 heterocycles. The number of hydrogen-bond donors (Lipinski definition) is 3. The van der Waals surface area contributed by atoms with Crippen molar-refractivity contribution >= 4 is 18.3 Å². The Kier molecular flexibility index (Phi) is 5.80. The van der Waals surface area contributed by atoms with E-state index in [0.717, 1.165) is 30.6 Å². The lowest BCUT2D eigenvalue weighted by atomic mass is 10.0. The fraction of sp³-hybridized carbons (Fsp3) is 0.412. The Bertz CT molecular complexity index is 653. The summed E-state index contributed by atoms with van der Waals surface area (Å²) in [7, 11) is 0. The maximum atomic E-state index is 12.3. The molecule has 1 aromatic heterocycles. The van der Waals surface area contributed by atoms with Crippen LogP contribution in [0.3, 0.4) is 0 Å². The highest BCUT2D eigenvalue weighted by atomic mass is 35.5. The van der Waals surface area contributed by atoms with E-state index in [1.807, 2.05) is 37.3 Å². The Morgan fingerprint density at radius 1 is 1.30 bits per heavy atom. The lowest BCUT2D eigenvalue weighted by Crippen LogP contribution is -2.46. The molecule has 6 heteroatoms. The minimum Gasteiger partial charge on any atom is -0.348 e. The molecule has 5 nitrogen and oxygen atoms in total. The van der Waals surface area contributed by atoms with Crippen LogP contribution in [-0.2, 0) is 0 Å². The monoisotopic (exact) mass is 334 g/mol. The first-order valence-corrected chi connectivity index (χ1v) is 7.78. The van der Waals surface area contributed by atoms with Gasteiger partial charge in [-0.15, -0.1) is 12.4 Å². The van der Waals surface area contributed by atoms with Crippen LogP contribution in [-0.4, -0.2) is 34.7 Å². The number of halogens is 1. The molecule has 0 aliphatic carbocycles. The molecule has 1 saturated heterocycles. The summed E-state index contributed by atoms with van der Waals surface area (Å²) in [6.07, 6.45) is 1.93. The Balaban J connectivity index is 0.00000192. The molecule has 1 aromatic carbocycles. The maximum absolute atomic E-state index is 12.3. The van der Waals surface area contributed by atoms with E-state index in [4.69, 9.17) is 0 Å². The van der Waals surface area contributed by atoms with Crippen molar-refractivity contribution in [3.8, 4) is 11.3 Å². The predicted molar refractivity (Wildman–Crippen MR) is 94.0 cm³/mol. The Hall–Kier alpha value is -1.85. The average molecular weight is 335 g/mol. The number of nitrogens with zero attached hydrogens (tertiary/aromatic N) is 1. The maximum Gasteiger partial charge on any atom is 0.269 e. The number of H-pyrrole nitrogens is 1. The van der Waals surface area contributed by atoms with Crippen molar-refractivity contribution in [3.05, 3.63) is 41.6 Å². The number of piperidine rings is 1. The lowest BCUT2D eigenvalue weighted by Gasteiger charge is -2.28. The van der Waals surface area contributed by atoms with Crippen LogP contribution >= 0.6 is 12.4 Å². The van der Waals surface area contributed by atoms with Crippen molar-refractivity contribution < 1.29 is 4.79 Å². The van der Waals surface area contributed by atoms with Gasteiger partial charge in [-0.1, -0.05) is 29.8 Å². The van der Waals surface area contributed by atoms with E-state index in [0.29, 0.717) is 11.7 Å². The zero-order valence-corrected chi connectivity index (χ0v) is 14.2. The van der Waals surface area contributed by atoms with Crippen LogP contribution in [0.4, 0.5) is 0 Å². The molecular formula is C17H23ClN4O. The molecule has 1 aliphatic heterocycles. The second-order valence-electron chi connectivity index (χ2n) is 6.08. The molecule has 1 amide bonds. The van der Waals surface area contributed by atoms with Crippen molar-refractivity contribution in [1.29, 1.82) is 0 Å². The normalized spacial score (nSPS) is 20.6. The predicted octanol–water partition coefficient (Wildman–Crippen LogP) is 2.68. The van der Waals surface area contributed by atoms with Crippen LogP contribution in [0.15, 0.2) is 30.3 Å². The van der Waals surface area contributed by atoms with Gasteiger partial charge in [0.25, 0.3) is 5.91 Å². The summed E-state index contributed by atoms with van der Waals surface area (Å²) >= 11 is 0. The van der Waals surface area contributed by atoms with Crippen molar-refractivity contribution in [2.45, 2.75) is 38.8 Å². The van der Waals surface area contributed by atoms with Crippen LogP contribution in [0.5, 0.6) is 0 Å². The first kappa shape index (κ1) is 17.5. The number of amides is 1. The standard InChI is InChI=1S/C17H22N4O.ClH/c1-11-3-5-13(6-4-11)15-10-16(21-20-15)17(22)19-14-7-8-18-12(2)9-14;/h3-6,10,12,14,18H,7-9H2,1-2H3,(H,19,22)(H,20,21);1H. The summed E-state index contributed by atoms with van der Waals surface area (Å²) in [5.41, 5.74) is 3.53. The number of nitrogens with one attached hydrogen (secondary N) is 3. The molecule has 0 spiro atoms. The van der Waals surface area contributed by atoms with Crippen molar-refractivity contribution in [2.75, 3.05) is 6.54 Å². The third kappa shape index (κ3) is 4.33. The lowest BCUT2D eigenvalue weighted by molar-refractivity contribution is 0.0920. The number of carbonyl (C=O) groups excluding carboxylic acids is 1. The fourth-order valence-electron chi connectivity index (χ4n) is 2.84. The molecule has 1 fully saturated rings. The summed E-state index contributed by atoms with van der Waals surface area (Å²) < 4.78 is 0. The number of aromatic nitrogens is 2.